The minimum absolute atomic E-state index is 0. The molecule has 6 nitrogen and oxygen atoms in total. The molecule has 0 atom stereocenters. The van der Waals surface area contributed by atoms with E-state index in [1.807, 2.05) is 109 Å². The summed E-state index contributed by atoms with van der Waals surface area (Å²) in [5.74, 6) is 2.10. The Labute approximate surface area is 374 Å². The molecule has 0 aliphatic heterocycles. The summed E-state index contributed by atoms with van der Waals surface area (Å²) in [5, 5.41) is 35.2. The van der Waals surface area contributed by atoms with Gasteiger partial charge in [0, 0.05) is 0 Å². The van der Waals surface area contributed by atoms with Crippen molar-refractivity contribution in [3.8, 4) is 0 Å². The maximum atomic E-state index is 13.4. The first kappa shape index (κ1) is 45.7. The van der Waals surface area contributed by atoms with Gasteiger partial charge in [-0.25, -0.2) is 0 Å². The van der Waals surface area contributed by atoms with Crippen molar-refractivity contribution in [2.75, 3.05) is 0 Å². The molecule has 61 heavy (non-hydrogen) atoms. The van der Waals surface area contributed by atoms with Crippen LogP contribution in [0.1, 0.15) is 15.9 Å². The molecule has 306 valence electrons. The van der Waals surface area contributed by atoms with Gasteiger partial charge in [0.2, 0.25) is 0 Å². The van der Waals surface area contributed by atoms with Crippen LogP contribution in [-0.2, 0) is 22.4 Å². The minimum atomic E-state index is -2.25. The van der Waals surface area contributed by atoms with Crippen LogP contribution in [0.25, 0.3) is 5.76 Å². The predicted octanol–water partition coefficient (Wildman–Crippen LogP) is 9.12. The van der Waals surface area contributed by atoms with E-state index in [2.05, 4.69) is 146 Å². The molecule has 0 spiro atoms. The van der Waals surface area contributed by atoms with Gasteiger partial charge in [-0.3, -0.25) is 0 Å². The standard InChI is InChI=1S/2C26H21OP.Ag.NO3/c2*27-26(22-13-5-1-6-14-22)21-28(23-15-7-2-8-16-23,24-17-9-3-10-18-24)25-19-11-4-12-20-25;;2-1(3)4/h2*1-21H;;/q;;+1;-1/b26-21-;;;. The zero-order chi connectivity index (χ0) is 42.0. The zero-order valence-corrected chi connectivity index (χ0v) is 36.2. The van der Waals surface area contributed by atoms with E-state index in [1.165, 1.54) is 31.8 Å². The zero-order valence-electron chi connectivity index (χ0n) is 32.9. The Morgan fingerprint density at radius 1 is 0.410 bits per heavy atom. The fourth-order valence-corrected chi connectivity index (χ4v) is 14.6. The van der Waals surface area contributed by atoms with Gasteiger partial charge in [0.1, 0.15) is 23.2 Å². The molecule has 0 aliphatic rings. The number of hydrogen-bond acceptors (Lipinski definition) is 5. The van der Waals surface area contributed by atoms with Gasteiger partial charge in [-0.1, -0.05) is 163 Å². The molecule has 8 rings (SSSR count). The first-order valence-electron chi connectivity index (χ1n) is 19.2. The summed E-state index contributed by atoms with van der Waals surface area (Å²) in [5.41, 5.74) is 1.43. The largest absolute Gasteiger partial charge is 1.00 e. The normalized spacial score (nSPS) is 10.9. The van der Waals surface area contributed by atoms with Crippen molar-refractivity contribution in [2.45, 2.75) is 0 Å². The number of hydrogen-bond donors (Lipinski definition) is 0. The molecule has 0 saturated heterocycles. The number of benzene rings is 8. The average Bonchev–Trinajstić information content (AvgIpc) is 3.32. The third-order valence-corrected chi connectivity index (χ3v) is 17.6. The van der Waals surface area contributed by atoms with Crippen molar-refractivity contribution in [3.05, 3.63) is 281 Å². The molecular weight excluding hydrogens is 888 g/mol. The Morgan fingerprint density at radius 3 is 0.918 bits per heavy atom. The number of ketones is 1. The second kappa shape index (κ2) is 22.9. The summed E-state index contributed by atoms with van der Waals surface area (Å²) in [6, 6.07) is 81.5. The summed E-state index contributed by atoms with van der Waals surface area (Å²) in [6.45, 7) is 0. The molecule has 0 radical (unpaired) electrons. The van der Waals surface area contributed by atoms with Crippen molar-refractivity contribution in [1.82, 2.24) is 0 Å². The monoisotopic (exact) mass is 929 g/mol. The molecule has 8 aromatic rings. The number of carbonyl (C=O) groups is 1. The van der Waals surface area contributed by atoms with Crippen LogP contribution in [-0.4, -0.2) is 10.9 Å². The van der Waals surface area contributed by atoms with Gasteiger partial charge in [-0.2, -0.15) is 0 Å². The van der Waals surface area contributed by atoms with Gasteiger partial charge < -0.3 is 25.2 Å². The predicted molar refractivity (Wildman–Crippen MR) is 250 cm³/mol. The van der Waals surface area contributed by atoms with Crippen LogP contribution >= 0.6 is 14.5 Å². The third kappa shape index (κ3) is 11.5. The molecule has 0 bridgehead atoms. The van der Waals surface area contributed by atoms with Gasteiger partial charge in [0.05, 0.1) is 39.9 Å². The van der Waals surface area contributed by atoms with Crippen LogP contribution in [0.5, 0.6) is 0 Å². The van der Waals surface area contributed by atoms with Crippen LogP contribution < -0.4 is 36.9 Å². The quantitative estimate of drug-likeness (QED) is 0.0245. The van der Waals surface area contributed by atoms with Crippen LogP contribution in [0.4, 0.5) is 0 Å². The molecule has 0 heterocycles. The molecular formula is C52H42AgNO5P2. The summed E-state index contributed by atoms with van der Waals surface area (Å²) < 4.78 is 0. The Hall–Kier alpha value is -6.36. The molecule has 0 aromatic heterocycles. The smallest absolute Gasteiger partial charge is 0.870 e. The second-order valence-electron chi connectivity index (χ2n) is 13.4. The maximum absolute atomic E-state index is 13.4. The molecule has 0 aliphatic carbocycles. The summed E-state index contributed by atoms with van der Waals surface area (Å²) in [7, 11) is -4.50. The maximum Gasteiger partial charge on any atom is 1.00 e. The van der Waals surface area contributed by atoms with E-state index in [0.717, 1.165) is 11.1 Å². The summed E-state index contributed by atoms with van der Waals surface area (Å²) in [6.07, 6.45) is 1.97. The van der Waals surface area contributed by atoms with Gasteiger partial charge in [-0.15, -0.1) is 17.7 Å². The number of Topliss-reactive ketones (excluding diaryl/α,β-unsaturated/α-hetero) is 1. The Bertz CT molecular complexity index is 2360. The molecule has 0 amide bonds. The van der Waals surface area contributed by atoms with E-state index in [-0.39, 0.29) is 33.9 Å². The van der Waals surface area contributed by atoms with E-state index in [4.69, 9.17) is 15.3 Å². The van der Waals surface area contributed by atoms with Gasteiger partial charge >= 0.3 is 22.4 Å². The molecule has 8 aromatic carbocycles. The van der Waals surface area contributed by atoms with Crippen LogP contribution in [0.3, 0.4) is 0 Å². The summed E-state index contributed by atoms with van der Waals surface area (Å²) >= 11 is 0. The van der Waals surface area contributed by atoms with E-state index in [0.29, 0.717) is 0 Å². The third-order valence-electron chi connectivity index (χ3n) is 9.72. The molecule has 0 fully saturated rings. The van der Waals surface area contributed by atoms with Crippen LogP contribution in [0.15, 0.2) is 248 Å². The Kier molecular flexibility index (Phi) is 17.1. The van der Waals surface area contributed by atoms with Gasteiger partial charge in [0.15, 0.2) is 0 Å². The fourth-order valence-electron chi connectivity index (χ4n) is 7.03. The van der Waals surface area contributed by atoms with Crippen molar-refractivity contribution >= 4 is 57.9 Å². The van der Waals surface area contributed by atoms with Crippen molar-refractivity contribution in [1.29, 1.82) is 0 Å². The minimum Gasteiger partial charge on any atom is -0.870 e. The molecule has 9 heteroatoms. The Morgan fingerprint density at radius 2 is 0.639 bits per heavy atom. The number of rotatable bonds is 11. The van der Waals surface area contributed by atoms with Gasteiger partial charge in [0.25, 0.3) is 0 Å². The fraction of sp³-hybridized carbons (Fsp3) is 0. The topological polar surface area (TPSA) is 106 Å². The molecule has 0 saturated carbocycles. The van der Waals surface area contributed by atoms with E-state index in [9.17, 15) is 9.90 Å². The van der Waals surface area contributed by atoms with Crippen molar-refractivity contribution in [2.24, 2.45) is 0 Å². The van der Waals surface area contributed by atoms with Crippen molar-refractivity contribution in [3.63, 3.8) is 0 Å². The van der Waals surface area contributed by atoms with Crippen molar-refractivity contribution < 1.29 is 37.4 Å². The second-order valence-corrected chi connectivity index (χ2v) is 19.9. The SMILES string of the molecule is O=C([CH-][P+](c1ccccc1)(c1ccccc1)c1ccccc1)c1ccccc1.O=[N+]([O-])[O-].[Ag+].[O-]/C(=C\[P+](c1ccccc1)(c1ccccc1)c1ccccc1)c1ccccc1. The number of carbonyl (C=O) groups excluding carboxylic acids is 1. The van der Waals surface area contributed by atoms with E-state index in [1.54, 1.807) is 0 Å². The average molecular weight is 931 g/mol. The molecule has 0 unspecified atom stereocenters. The Balaban J connectivity index is 0.000000209. The van der Waals surface area contributed by atoms with E-state index < -0.39 is 19.6 Å². The first-order valence-corrected chi connectivity index (χ1v) is 22.9. The summed E-state index contributed by atoms with van der Waals surface area (Å²) in [4.78, 5) is 21.6. The molecule has 0 N–H and O–H groups in total. The number of nitrogens with zero attached hydrogens (tertiary/aromatic N) is 1. The van der Waals surface area contributed by atoms with Crippen LogP contribution in [0.2, 0.25) is 0 Å². The van der Waals surface area contributed by atoms with Crippen LogP contribution in [0, 0.1) is 21.5 Å². The van der Waals surface area contributed by atoms with E-state index >= 15 is 0 Å². The van der Waals surface area contributed by atoms with Gasteiger partial charge in [-0.05, 0) is 84.5 Å². The first-order chi connectivity index (χ1) is 29.3.